The fourth-order valence-electron chi connectivity index (χ4n) is 3.49. The van der Waals surface area contributed by atoms with Gasteiger partial charge in [-0.2, -0.15) is 0 Å². The van der Waals surface area contributed by atoms with E-state index in [1.807, 2.05) is 11.5 Å². The van der Waals surface area contributed by atoms with Gasteiger partial charge in [-0.15, -0.1) is 21.5 Å². The van der Waals surface area contributed by atoms with Crippen LogP contribution in [0, 0.1) is 13.8 Å². The SMILES string of the molecule is CCn1c(SCC(=O)Nc2cccc(Cl)c2Cl)nnc1-c1csc(C)c1-c1ccc(C)cc1. The Morgan fingerprint density at radius 1 is 1.12 bits per heavy atom. The number of benzene rings is 2. The number of hydrogen-bond donors (Lipinski definition) is 1. The second-order valence-electron chi connectivity index (χ2n) is 7.44. The van der Waals surface area contributed by atoms with E-state index >= 15 is 0 Å². The molecule has 4 aromatic rings. The highest BCUT2D eigenvalue weighted by molar-refractivity contribution is 7.99. The summed E-state index contributed by atoms with van der Waals surface area (Å²) in [5.74, 6) is 0.787. The molecule has 1 N–H and O–H groups in total. The maximum atomic E-state index is 12.5. The van der Waals surface area contributed by atoms with Crippen LogP contribution in [0.15, 0.2) is 53.0 Å². The number of carbonyl (C=O) groups is 1. The number of thiophene rings is 1. The first kappa shape index (κ1) is 23.8. The summed E-state index contributed by atoms with van der Waals surface area (Å²) >= 11 is 15.2. The molecule has 4 rings (SSSR count). The number of halogens is 2. The van der Waals surface area contributed by atoms with Gasteiger partial charge in [0.2, 0.25) is 5.91 Å². The van der Waals surface area contributed by atoms with Crippen LogP contribution in [0.2, 0.25) is 10.0 Å². The van der Waals surface area contributed by atoms with Crippen LogP contribution >= 0.6 is 46.3 Å². The molecule has 0 saturated carbocycles. The molecule has 0 saturated heterocycles. The van der Waals surface area contributed by atoms with E-state index in [1.54, 1.807) is 29.5 Å². The molecule has 2 heterocycles. The molecule has 0 fully saturated rings. The molecule has 0 aliphatic rings. The van der Waals surface area contributed by atoms with E-state index in [1.165, 1.54) is 27.8 Å². The Hall–Kier alpha value is -2.32. The van der Waals surface area contributed by atoms with E-state index in [-0.39, 0.29) is 11.7 Å². The summed E-state index contributed by atoms with van der Waals surface area (Å²) in [6.45, 7) is 6.94. The zero-order valence-corrected chi connectivity index (χ0v) is 21.5. The fourth-order valence-corrected chi connectivity index (χ4v) is 5.51. The maximum Gasteiger partial charge on any atom is 0.234 e. The summed E-state index contributed by atoms with van der Waals surface area (Å²) in [6.07, 6.45) is 0. The van der Waals surface area contributed by atoms with E-state index in [0.717, 1.165) is 17.0 Å². The van der Waals surface area contributed by atoms with Crippen molar-refractivity contribution in [2.24, 2.45) is 0 Å². The van der Waals surface area contributed by atoms with E-state index in [9.17, 15) is 4.79 Å². The lowest BCUT2D eigenvalue weighted by molar-refractivity contribution is -0.113. The quantitative estimate of drug-likeness (QED) is 0.261. The number of aryl methyl sites for hydroxylation is 2. The van der Waals surface area contributed by atoms with Crippen molar-refractivity contribution in [1.82, 2.24) is 14.8 Å². The number of amides is 1. The predicted octanol–water partition coefficient (Wildman–Crippen LogP) is 7.35. The molecule has 0 aliphatic carbocycles. The van der Waals surface area contributed by atoms with Gasteiger partial charge in [-0.1, -0.05) is 70.9 Å². The summed E-state index contributed by atoms with van der Waals surface area (Å²) in [6, 6.07) is 13.7. The number of carbonyl (C=O) groups excluding carboxylic acids is 1. The van der Waals surface area contributed by atoms with Crippen molar-refractivity contribution >= 4 is 57.9 Å². The Kier molecular flexibility index (Phi) is 7.44. The molecular formula is C24H22Cl2N4OS2. The molecule has 1 amide bonds. The Bertz CT molecular complexity index is 1300. The molecule has 2 aromatic heterocycles. The standard InChI is InChI=1S/C24H22Cl2N4OS2/c1-4-30-23(17-12-32-15(3)21(17)16-10-8-14(2)9-11-16)28-29-24(30)33-13-20(31)27-19-7-5-6-18(25)22(19)26/h5-12H,4,13H2,1-3H3,(H,27,31). The maximum absolute atomic E-state index is 12.5. The fraction of sp³-hybridized carbons (Fsp3) is 0.208. The molecule has 0 atom stereocenters. The van der Waals surface area contributed by atoms with Crippen molar-refractivity contribution < 1.29 is 4.79 Å². The number of aromatic nitrogens is 3. The first-order chi connectivity index (χ1) is 15.9. The normalized spacial score (nSPS) is 11.1. The number of anilines is 1. The minimum absolute atomic E-state index is 0.175. The Morgan fingerprint density at radius 3 is 2.61 bits per heavy atom. The van der Waals surface area contributed by atoms with Gasteiger partial charge < -0.3 is 9.88 Å². The highest BCUT2D eigenvalue weighted by Gasteiger charge is 2.20. The Labute approximate surface area is 211 Å². The van der Waals surface area contributed by atoms with Gasteiger partial charge in [0.1, 0.15) is 0 Å². The number of rotatable bonds is 7. The van der Waals surface area contributed by atoms with Crippen LogP contribution in [0.5, 0.6) is 0 Å². The topological polar surface area (TPSA) is 59.8 Å². The largest absolute Gasteiger partial charge is 0.324 e. The minimum Gasteiger partial charge on any atom is -0.324 e. The smallest absolute Gasteiger partial charge is 0.234 e. The van der Waals surface area contributed by atoms with Crippen LogP contribution in [0.1, 0.15) is 17.4 Å². The van der Waals surface area contributed by atoms with Crippen molar-refractivity contribution in [2.75, 3.05) is 11.1 Å². The molecule has 0 unspecified atom stereocenters. The van der Waals surface area contributed by atoms with Crippen LogP contribution in [0.4, 0.5) is 5.69 Å². The Morgan fingerprint density at radius 2 is 1.88 bits per heavy atom. The zero-order valence-electron chi connectivity index (χ0n) is 18.4. The van der Waals surface area contributed by atoms with Crippen molar-refractivity contribution in [2.45, 2.75) is 32.5 Å². The van der Waals surface area contributed by atoms with Gasteiger partial charge >= 0.3 is 0 Å². The molecule has 0 bridgehead atoms. The third-order valence-corrected chi connectivity index (χ3v) is 7.84. The lowest BCUT2D eigenvalue weighted by Gasteiger charge is -2.10. The van der Waals surface area contributed by atoms with Crippen LogP contribution in [-0.4, -0.2) is 26.4 Å². The Balaban J connectivity index is 1.55. The zero-order chi connectivity index (χ0) is 23.5. The van der Waals surface area contributed by atoms with Gasteiger partial charge in [0.25, 0.3) is 0 Å². The van der Waals surface area contributed by atoms with Crippen molar-refractivity contribution in [3.05, 3.63) is 68.3 Å². The van der Waals surface area contributed by atoms with Crippen molar-refractivity contribution in [3.8, 4) is 22.5 Å². The molecule has 170 valence electrons. The van der Waals surface area contributed by atoms with Crippen molar-refractivity contribution in [1.29, 1.82) is 0 Å². The highest BCUT2D eigenvalue weighted by atomic mass is 35.5. The van der Waals surface area contributed by atoms with Gasteiger partial charge in [-0.05, 0) is 38.5 Å². The van der Waals surface area contributed by atoms with E-state index in [0.29, 0.717) is 27.4 Å². The van der Waals surface area contributed by atoms with Gasteiger partial charge in [0.05, 0.1) is 21.5 Å². The van der Waals surface area contributed by atoms with Gasteiger partial charge in [-0.3, -0.25) is 4.79 Å². The lowest BCUT2D eigenvalue weighted by Crippen LogP contribution is -2.15. The molecule has 0 radical (unpaired) electrons. The molecule has 5 nitrogen and oxygen atoms in total. The van der Waals surface area contributed by atoms with Crippen molar-refractivity contribution in [3.63, 3.8) is 0 Å². The average molecular weight is 518 g/mol. The monoisotopic (exact) mass is 516 g/mol. The number of nitrogens with one attached hydrogen (secondary N) is 1. The lowest BCUT2D eigenvalue weighted by atomic mass is 10.0. The third kappa shape index (κ3) is 5.11. The van der Waals surface area contributed by atoms with Crippen LogP contribution in [0.3, 0.4) is 0 Å². The second kappa shape index (κ2) is 10.3. The van der Waals surface area contributed by atoms with Crippen LogP contribution < -0.4 is 5.32 Å². The molecular weight excluding hydrogens is 495 g/mol. The first-order valence-corrected chi connectivity index (χ1v) is 13.0. The number of hydrogen-bond acceptors (Lipinski definition) is 5. The third-order valence-electron chi connectivity index (χ3n) is 5.15. The number of thioether (sulfide) groups is 1. The summed E-state index contributed by atoms with van der Waals surface area (Å²) in [7, 11) is 0. The molecule has 33 heavy (non-hydrogen) atoms. The van der Waals surface area contributed by atoms with Crippen LogP contribution in [-0.2, 0) is 11.3 Å². The van der Waals surface area contributed by atoms with Gasteiger partial charge in [0.15, 0.2) is 11.0 Å². The first-order valence-electron chi connectivity index (χ1n) is 10.3. The minimum atomic E-state index is -0.192. The van der Waals surface area contributed by atoms with Gasteiger partial charge in [0, 0.05) is 27.9 Å². The average Bonchev–Trinajstić information content (AvgIpc) is 3.38. The summed E-state index contributed by atoms with van der Waals surface area (Å²) in [5.41, 5.74) is 5.10. The molecule has 9 heteroatoms. The summed E-state index contributed by atoms with van der Waals surface area (Å²) in [4.78, 5) is 13.7. The highest BCUT2D eigenvalue weighted by Crippen LogP contribution is 2.39. The molecule has 2 aromatic carbocycles. The summed E-state index contributed by atoms with van der Waals surface area (Å²) in [5, 5.41) is 15.2. The van der Waals surface area contributed by atoms with Crippen LogP contribution in [0.25, 0.3) is 22.5 Å². The molecule has 0 aliphatic heterocycles. The van der Waals surface area contributed by atoms with E-state index in [4.69, 9.17) is 23.2 Å². The molecule has 0 spiro atoms. The van der Waals surface area contributed by atoms with Gasteiger partial charge in [-0.25, -0.2) is 0 Å². The summed E-state index contributed by atoms with van der Waals surface area (Å²) < 4.78 is 2.05. The van der Waals surface area contributed by atoms with E-state index < -0.39 is 0 Å². The van der Waals surface area contributed by atoms with E-state index in [2.05, 4.69) is 59.0 Å². The second-order valence-corrected chi connectivity index (χ2v) is 10.2. The predicted molar refractivity (Wildman–Crippen MR) is 140 cm³/mol. The number of nitrogens with zero attached hydrogens (tertiary/aromatic N) is 3.